The number of piperidine rings is 1. The van der Waals surface area contributed by atoms with E-state index >= 15 is 0 Å². The van der Waals surface area contributed by atoms with Crippen LogP contribution in [0.1, 0.15) is 34.9 Å². The van der Waals surface area contributed by atoms with Gasteiger partial charge in [-0.25, -0.2) is 9.37 Å². The molecule has 0 radical (unpaired) electrons. The number of methoxy groups -OCH3 is 1. The average Bonchev–Trinajstić information content (AvgIpc) is 3.24. The lowest BCUT2D eigenvalue weighted by Crippen LogP contribution is -2.39. The van der Waals surface area contributed by atoms with Gasteiger partial charge >= 0.3 is 0 Å². The first-order valence-corrected chi connectivity index (χ1v) is 10.8. The van der Waals surface area contributed by atoms with Gasteiger partial charge in [-0.2, -0.15) is 0 Å². The Morgan fingerprint density at radius 3 is 2.75 bits per heavy atom. The highest BCUT2D eigenvalue weighted by Gasteiger charge is 2.29. The lowest BCUT2D eigenvalue weighted by molar-refractivity contribution is 0.0704. The number of carbonyl (C=O) groups excluding carboxylic acids is 1. The van der Waals surface area contributed by atoms with Gasteiger partial charge in [-0.05, 0) is 61.4 Å². The van der Waals surface area contributed by atoms with Crippen molar-refractivity contribution in [1.29, 1.82) is 0 Å². The fourth-order valence-electron chi connectivity index (χ4n) is 4.48. The highest BCUT2D eigenvalue weighted by Crippen LogP contribution is 2.33. The van der Waals surface area contributed by atoms with Crippen LogP contribution >= 0.6 is 0 Å². The molecule has 1 atom stereocenters. The number of carbonyl (C=O) groups is 1. The van der Waals surface area contributed by atoms with Crippen LogP contribution in [0.4, 0.5) is 4.39 Å². The van der Waals surface area contributed by atoms with E-state index < -0.39 is 0 Å². The maximum atomic E-state index is 13.3. The molecule has 162 valence electrons. The van der Waals surface area contributed by atoms with E-state index in [0.29, 0.717) is 18.7 Å². The fourth-order valence-corrected chi connectivity index (χ4v) is 4.48. The van der Waals surface area contributed by atoms with Gasteiger partial charge in [0, 0.05) is 36.3 Å². The molecule has 0 bridgehead atoms. The molecule has 1 aliphatic rings. The van der Waals surface area contributed by atoms with E-state index in [1.807, 2.05) is 47.5 Å². The lowest BCUT2D eigenvalue weighted by atomic mass is 9.96. The van der Waals surface area contributed by atoms with Crippen molar-refractivity contribution >= 4 is 11.4 Å². The molecule has 1 saturated heterocycles. The van der Waals surface area contributed by atoms with Gasteiger partial charge in [-0.15, -0.1) is 0 Å². The molecule has 0 saturated carbocycles. The summed E-state index contributed by atoms with van der Waals surface area (Å²) in [5, 5.41) is 0. The molecule has 5 nitrogen and oxygen atoms in total. The maximum absolute atomic E-state index is 13.3. The Morgan fingerprint density at radius 2 is 1.94 bits per heavy atom. The molecule has 2 aromatic heterocycles. The van der Waals surface area contributed by atoms with Crippen LogP contribution in [0.5, 0.6) is 5.75 Å². The van der Waals surface area contributed by atoms with Gasteiger partial charge in [0.1, 0.15) is 17.4 Å². The van der Waals surface area contributed by atoms with Crippen molar-refractivity contribution in [2.24, 2.45) is 0 Å². The SMILES string of the molecule is COc1cccc(-c2nc(C3CCCN(C(=O)c4ccc(F)cc4)C3)n3ccccc23)c1. The van der Waals surface area contributed by atoms with Gasteiger partial charge in [0.05, 0.1) is 18.3 Å². The summed E-state index contributed by atoms with van der Waals surface area (Å²) in [7, 11) is 1.66. The molecule has 1 aliphatic heterocycles. The molecule has 0 N–H and O–H groups in total. The van der Waals surface area contributed by atoms with E-state index in [1.165, 1.54) is 12.1 Å². The number of likely N-dealkylation sites (tertiary alicyclic amines) is 1. The Kier molecular flexibility index (Phi) is 5.35. The van der Waals surface area contributed by atoms with Crippen LogP contribution in [0.25, 0.3) is 16.8 Å². The smallest absolute Gasteiger partial charge is 0.253 e. The molecule has 4 aromatic rings. The molecule has 2 aromatic carbocycles. The third-order valence-corrected chi connectivity index (χ3v) is 6.08. The molecule has 6 heteroatoms. The number of aromatic nitrogens is 2. The average molecular weight is 429 g/mol. The third kappa shape index (κ3) is 3.73. The van der Waals surface area contributed by atoms with Gasteiger partial charge in [0.15, 0.2) is 0 Å². The lowest BCUT2D eigenvalue weighted by Gasteiger charge is -2.32. The molecular formula is C26H24FN3O2. The molecule has 0 spiro atoms. The molecule has 1 amide bonds. The second-order valence-corrected chi connectivity index (χ2v) is 8.10. The number of fused-ring (bicyclic) bond motifs is 1. The summed E-state index contributed by atoms with van der Waals surface area (Å²) in [5.41, 5.74) is 3.44. The van der Waals surface area contributed by atoms with Crippen molar-refractivity contribution in [2.45, 2.75) is 18.8 Å². The molecule has 5 rings (SSSR count). The summed E-state index contributed by atoms with van der Waals surface area (Å²) in [6, 6.07) is 19.7. The topological polar surface area (TPSA) is 46.8 Å². The summed E-state index contributed by atoms with van der Waals surface area (Å²) in [6.45, 7) is 1.28. The quantitative estimate of drug-likeness (QED) is 0.450. The number of nitrogens with zero attached hydrogens (tertiary/aromatic N) is 3. The van der Waals surface area contributed by atoms with E-state index in [-0.39, 0.29) is 17.6 Å². The fraction of sp³-hybridized carbons (Fsp3) is 0.231. The third-order valence-electron chi connectivity index (χ3n) is 6.08. The summed E-state index contributed by atoms with van der Waals surface area (Å²) in [5.74, 6) is 1.45. The number of benzene rings is 2. The molecule has 0 aliphatic carbocycles. The van der Waals surface area contributed by atoms with Crippen molar-refractivity contribution < 1.29 is 13.9 Å². The number of amides is 1. The Hall–Kier alpha value is -3.67. The van der Waals surface area contributed by atoms with E-state index in [4.69, 9.17) is 9.72 Å². The summed E-state index contributed by atoms with van der Waals surface area (Å²) in [6.07, 6.45) is 3.88. The minimum absolute atomic E-state index is 0.0661. The zero-order valence-corrected chi connectivity index (χ0v) is 17.9. The predicted molar refractivity (Wildman–Crippen MR) is 121 cm³/mol. The van der Waals surface area contributed by atoms with Crippen LogP contribution in [-0.4, -0.2) is 40.4 Å². The van der Waals surface area contributed by atoms with Crippen molar-refractivity contribution in [3.05, 3.63) is 90.1 Å². The summed E-state index contributed by atoms with van der Waals surface area (Å²) >= 11 is 0. The number of ether oxygens (including phenoxy) is 1. The van der Waals surface area contributed by atoms with Crippen molar-refractivity contribution in [1.82, 2.24) is 14.3 Å². The maximum Gasteiger partial charge on any atom is 0.253 e. The predicted octanol–water partition coefficient (Wildman–Crippen LogP) is 5.17. The van der Waals surface area contributed by atoms with Gasteiger partial charge in [0.25, 0.3) is 5.91 Å². The first-order chi connectivity index (χ1) is 15.6. The van der Waals surface area contributed by atoms with E-state index in [0.717, 1.165) is 41.2 Å². The van der Waals surface area contributed by atoms with Gasteiger partial charge in [-0.3, -0.25) is 4.79 Å². The molecule has 1 unspecified atom stereocenters. The normalized spacial score (nSPS) is 16.3. The highest BCUT2D eigenvalue weighted by molar-refractivity contribution is 5.94. The van der Waals surface area contributed by atoms with Gasteiger partial charge in [0.2, 0.25) is 0 Å². The number of pyridine rings is 1. The van der Waals surface area contributed by atoms with Crippen LogP contribution in [0.3, 0.4) is 0 Å². The van der Waals surface area contributed by atoms with Gasteiger partial charge in [-0.1, -0.05) is 18.2 Å². The second kappa shape index (κ2) is 8.46. The first kappa shape index (κ1) is 20.2. The van der Waals surface area contributed by atoms with Crippen molar-refractivity contribution in [3.63, 3.8) is 0 Å². The van der Waals surface area contributed by atoms with Crippen molar-refractivity contribution in [2.75, 3.05) is 20.2 Å². The second-order valence-electron chi connectivity index (χ2n) is 8.10. The molecule has 3 heterocycles. The van der Waals surface area contributed by atoms with E-state index in [1.54, 1.807) is 19.2 Å². The Morgan fingerprint density at radius 1 is 1.09 bits per heavy atom. The van der Waals surface area contributed by atoms with Crippen LogP contribution in [0, 0.1) is 5.82 Å². The monoisotopic (exact) mass is 429 g/mol. The minimum atomic E-state index is -0.341. The van der Waals surface area contributed by atoms with Crippen LogP contribution < -0.4 is 4.74 Å². The van der Waals surface area contributed by atoms with Gasteiger partial charge < -0.3 is 14.0 Å². The molecular weight excluding hydrogens is 405 g/mol. The van der Waals surface area contributed by atoms with E-state index in [2.05, 4.69) is 10.5 Å². The van der Waals surface area contributed by atoms with Crippen molar-refractivity contribution in [3.8, 4) is 17.0 Å². The summed E-state index contributed by atoms with van der Waals surface area (Å²) < 4.78 is 20.8. The Labute approximate surface area is 186 Å². The molecule has 32 heavy (non-hydrogen) atoms. The summed E-state index contributed by atoms with van der Waals surface area (Å²) in [4.78, 5) is 19.9. The number of imidazole rings is 1. The van der Waals surface area contributed by atoms with Crippen LogP contribution in [0.15, 0.2) is 72.9 Å². The Balaban J connectivity index is 1.49. The number of hydrogen-bond acceptors (Lipinski definition) is 3. The standard InChI is InChI=1S/C26H24FN3O2/c1-32-22-8-4-6-19(16-22)24-23-9-2-3-15-30(23)25(28-24)20-7-5-14-29(17-20)26(31)18-10-12-21(27)13-11-18/h2-4,6,8-13,15-16,20H,5,7,14,17H2,1H3. The highest BCUT2D eigenvalue weighted by atomic mass is 19.1. The molecule has 1 fully saturated rings. The number of hydrogen-bond donors (Lipinski definition) is 0. The van der Waals surface area contributed by atoms with E-state index in [9.17, 15) is 9.18 Å². The van der Waals surface area contributed by atoms with Crippen LogP contribution in [0.2, 0.25) is 0 Å². The first-order valence-electron chi connectivity index (χ1n) is 10.8. The zero-order valence-electron chi connectivity index (χ0n) is 17.9. The van der Waals surface area contributed by atoms with Crippen LogP contribution in [-0.2, 0) is 0 Å². The largest absolute Gasteiger partial charge is 0.497 e. The number of halogens is 1. The minimum Gasteiger partial charge on any atom is -0.497 e. The number of rotatable bonds is 4. The Bertz CT molecular complexity index is 1270. The zero-order chi connectivity index (χ0) is 22.1.